The number of rotatable bonds is 4. The van der Waals surface area contributed by atoms with Gasteiger partial charge in [-0.3, -0.25) is 14.4 Å². The molecule has 2 amide bonds. The van der Waals surface area contributed by atoms with Gasteiger partial charge in [0.1, 0.15) is 11.5 Å². The molecule has 0 unspecified atom stereocenters. The van der Waals surface area contributed by atoms with Crippen LogP contribution in [0.15, 0.2) is 41.5 Å². The van der Waals surface area contributed by atoms with Crippen molar-refractivity contribution < 1.29 is 9.59 Å². The lowest BCUT2D eigenvalue weighted by molar-refractivity contribution is -0.131. The first-order valence-corrected chi connectivity index (χ1v) is 9.65. The number of amides is 2. The number of aromatic amines is 2. The zero-order chi connectivity index (χ0) is 20.2. The third-order valence-electron chi connectivity index (χ3n) is 5.04. The van der Waals surface area contributed by atoms with Crippen molar-refractivity contribution in [2.24, 2.45) is 0 Å². The first kappa shape index (κ1) is 18.9. The summed E-state index contributed by atoms with van der Waals surface area (Å²) in [5.74, 6) is 0.620. The predicted octanol–water partition coefficient (Wildman–Crippen LogP) is 0.953. The molecule has 0 aliphatic carbocycles. The minimum absolute atomic E-state index is 0.0573. The summed E-state index contributed by atoms with van der Waals surface area (Å²) in [5, 5.41) is 0. The van der Waals surface area contributed by atoms with Crippen LogP contribution < -0.4 is 5.56 Å². The topological polar surface area (TPSA) is 115 Å². The Bertz CT molecular complexity index is 1040. The molecule has 1 aliphatic heterocycles. The predicted molar refractivity (Wildman–Crippen MR) is 106 cm³/mol. The highest BCUT2D eigenvalue weighted by molar-refractivity contribution is 5.92. The smallest absolute Gasteiger partial charge is 0.274 e. The summed E-state index contributed by atoms with van der Waals surface area (Å²) in [5.41, 5.74) is 1.72. The fourth-order valence-corrected chi connectivity index (χ4v) is 3.50. The third-order valence-corrected chi connectivity index (χ3v) is 5.04. The van der Waals surface area contributed by atoms with Gasteiger partial charge in [0.25, 0.3) is 11.5 Å². The fourth-order valence-electron chi connectivity index (χ4n) is 3.50. The Morgan fingerprint density at radius 2 is 1.86 bits per heavy atom. The molecule has 1 aliphatic rings. The quantitative estimate of drug-likeness (QED) is 0.684. The normalized spacial score (nSPS) is 14.8. The number of hydrogen-bond acceptors (Lipinski definition) is 5. The van der Waals surface area contributed by atoms with E-state index in [1.807, 2.05) is 24.3 Å². The molecule has 9 nitrogen and oxygen atoms in total. The number of benzene rings is 1. The summed E-state index contributed by atoms with van der Waals surface area (Å²) < 4.78 is 0. The van der Waals surface area contributed by atoms with E-state index in [1.165, 1.54) is 6.20 Å². The van der Waals surface area contributed by atoms with E-state index in [0.29, 0.717) is 45.4 Å². The van der Waals surface area contributed by atoms with E-state index >= 15 is 0 Å². The number of aryl methyl sites for hydroxylation is 1. The molecule has 0 bridgehead atoms. The lowest BCUT2D eigenvalue weighted by Crippen LogP contribution is -2.37. The number of carbonyl (C=O) groups is 2. The van der Waals surface area contributed by atoms with Gasteiger partial charge in [-0.05, 0) is 18.6 Å². The van der Waals surface area contributed by atoms with Crippen molar-refractivity contribution in [3.63, 3.8) is 0 Å². The summed E-state index contributed by atoms with van der Waals surface area (Å²) in [6, 6.07) is 7.79. The zero-order valence-electron chi connectivity index (χ0n) is 15.9. The first-order chi connectivity index (χ1) is 14.1. The maximum absolute atomic E-state index is 12.7. The maximum Gasteiger partial charge on any atom is 0.274 e. The number of imidazole rings is 1. The maximum atomic E-state index is 12.7. The van der Waals surface area contributed by atoms with Gasteiger partial charge in [-0.15, -0.1) is 0 Å². The van der Waals surface area contributed by atoms with Crippen molar-refractivity contribution >= 4 is 22.8 Å². The summed E-state index contributed by atoms with van der Waals surface area (Å²) in [4.78, 5) is 53.9. The zero-order valence-corrected chi connectivity index (χ0v) is 15.9. The third kappa shape index (κ3) is 4.34. The average Bonchev–Trinajstić information content (AvgIpc) is 2.99. The van der Waals surface area contributed by atoms with E-state index in [2.05, 4.69) is 19.9 Å². The van der Waals surface area contributed by atoms with Crippen molar-refractivity contribution in [2.75, 3.05) is 26.2 Å². The van der Waals surface area contributed by atoms with Gasteiger partial charge in [0.15, 0.2) is 0 Å². The molecule has 9 heteroatoms. The van der Waals surface area contributed by atoms with E-state index in [1.54, 1.807) is 9.80 Å². The van der Waals surface area contributed by atoms with Crippen LogP contribution in [0.4, 0.5) is 0 Å². The van der Waals surface area contributed by atoms with Crippen LogP contribution in [-0.4, -0.2) is 67.7 Å². The van der Waals surface area contributed by atoms with E-state index in [9.17, 15) is 14.4 Å². The number of nitrogens with zero attached hydrogens (tertiary/aromatic N) is 4. The highest BCUT2D eigenvalue weighted by Crippen LogP contribution is 2.13. The highest BCUT2D eigenvalue weighted by atomic mass is 16.2. The summed E-state index contributed by atoms with van der Waals surface area (Å²) in [7, 11) is 0. The van der Waals surface area contributed by atoms with Crippen LogP contribution in [0, 0.1) is 0 Å². The molecule has 29 heavy (non-hydrogen) atoms. The molecule has 0 spiro atoms. The molecule has 0 saturated carbocycles. The van der Waals surface area contributed by atoms with Gasteiger partial charge < -0.3 is 19.8 Å². The second-order valence-corrected chi connectivity index (χ2v) is 7.02. The number of nitrogens with one attached hydrogen (secondary N) is 2. The van der Waals surface area contributed by atoms with Crippen LogP contribution in [-0.2, 0) is 11.2 Å². The van der Waals surface area contributed by atoms with E-state index in [4.69, 9.17) is 0 Å². The second kappa shape index (κ2) is 8.26. The fraction of sp³-hybridized carbons (Fsp3) is 0.350. The van der Waals surface area contributed by atoms with Gasteiger partial charge in [0.2, 0.25) is 5.91 Å². The Labute approximate surface area is 166 Å². The summed E-state index contributed by atoms with van der Waals surface area (Å²) in [6.07, 6.45) is 4.04. The van der Waals surface area contributed by atoms with Crippen molar-refractivity contribution in [2.45, 2.75) is 19.3 Å². The number of carbonyl (C=O) groups excluding carboxylic acids is 2. The van der Waals surface area contributed by atoms with Crippen molar-refractivity contribution in [1.29, 1.82) is 0 Å². The molecule has 1 fully saturated rings. The second-order valence-electron chi connectivity index (χ2n) is 7.02. The minimum Gasteiger partial charge on any atom is -0.342 e. The minimum atomic E-state index is -0.348. The average molecular weight is 394 g/mol. The molecule has 2 aromatic heterocycles. The van der Waals surface area contributed by atoms with Gasteiger partial charge in [-0.2, -0.15) is 0 Å². The molecule has 3 aromatic rings. The van der Waals surface area contributed by atoms with Gasteiger partial charge in [0, 0.05) is 45.2 Å². The van der Waals surface area contributed by atoms with Crippen LogP contribution in [0.5, 0.6) is 0 Å². The molecular formula is C20H22N6O3. The molecule has 0 atom stereocenters. The van der Waals surface area contributed by atoms with Crippen LogP contribution in [0.25, 0.3) is 11.0 Å². The Morgan fingerprint density at radius 3 is 2.66 bits per heavy atom. The number of H-pyrrole nitrogens is 2. The van der Waals surface area contributed by atoms with E-state index < -0.39 is 0 Å². The Balaban J connectivity index is 1.32. The first-order valence-electron chi connectivity index (χ1n) is 9.65. The van der Waals surface area contributed by atoms with Crippen LogP contribution in [0.3, 0.4) is 0 Å². The van der Waals surface area contributed by atoms with Crippen LogP contribution in [0.1, 0.15) is 29.2 Å². The number of fused-ring (bicyclic) bond motifs is 1. The molecule has 1 saturated heterocycles. The van der Waals surface area contributed by atoms with Gasteiger partial charge in [-0.25, -0.2) is 9.97 Å². The van der Waals surface area contributed by atoms with Crippen molar-refractivity contribution in [3.8, 4) is 0 Å². The van der Waals surface area contributed by atoms with E-state index in [0.717, 1.165) is 23.1 Å². The Morgan fingerprint density at radius 1 is 1.07 bits per heavy atom. The lowest BCUT2D eigenvalue weighted by Gasteiger charge is -2.22. The highest BCUT2D eigenvalue weighted by Gasteiger charge is 2.23. The molecule has 1 aromatic carbocycles. The van der Waals surface area contributed by atoms with Gasteiger partial charge in [-0.1, -0.05) is 12.1 Å². The molecule has 4 rings (SSSR count). The van der Waals surface area contributed by atoms with Crippen LogP contribution in [0.2, 0.25) is 0 Å². The molecule has 3 heterocycles. The van der Waals surface area contributed by atoms with Gasteiger partial charge in [0.05, 0.1) is 17.2 Å². The van der Waals surface area contributed by atoms with Crippen molar-refractivity contribution in [1.82, 2.24) is 29.7 Å². The lowest BCUT2D eigenvalue weighted by atomic mass is 10.2. The molecule has 2 N–H and O–H groups in total. The monoisotopic (exact) mass is 394 g/mol. The van der Waals surface area contributed by atoms with Crippen LogP contribution >= 0.6 is 0 Å². The SMILES string of the molecule is O=C(CCc1nc2ccccc2[nH]1)N1CCCN(C(=O)c2c[nH]c(=O)cn2)CC1. The standard InChI is InChI=1S/C20H22N6O3/c27-18-13-21-16(12-22-18)20(29)26-9-3-8-25(10-11-26)19(28)7-6-17-23-14-4-1-2-5-15(14)24-17/h1-2,4-5,12-13H,3,6-11H2,(H,22,27)(H,23,24). The van der Waals surface area contributed by atoms with Gasteiger partial charge >= 0.3 is 0 Å². The number of hydrogen-bond donors (Lipinski definition) is 2. The largest absolute Gasteiger partial charge is 0.342 e. The van der Waals surface area contributed by atoms with E-state index in [-0.39, 0.29) is 23.1 Å². The number of aromatic nitrogens is 4. The summed E-state index contributed by atoms with van der Waals surface area (Å²) in [6.45, 7) is 2.08. The molecule has 150 valence electrons. The molecular weight excluding hydrogens is 372 g/mol. The Hall–Kier alpha value is -3.49. The van der Waals surface area contributed by atoms with Crippen molar-refractivity contribution in [3.05, 3.63) is 58.5 Å². The number of para-hydroxylation sites is 2. The molecule has 0 radical (unpaired) electrons. The Kier molecular flexibility index (Phi) is 5.37. The summed E-state index contributed by atoms with van der Waals surface area (Å²) >= 11 is 0.